The van der Waals surface area contributed by atoms with Gasteiger partial charge in [0, 0.05) is 11.4 Å². The predicted molar refractivity (Wildman–Crippen MR) is 82.7 cm³/mol. The number of hydrogen-bond acceptors (Lipinski definition) is 4. The van der Waals surface area contributed by atoms with Crippen LogP contribution in [-0.2, 0) is 6.54 Å². The molecule has 0 radical (unpaired) electrons. The fourth-order valence-corrected chi connectivity index (χ4v) is 2.84. The molecule has 0 saturated heterocycles. The molecule has 0 aliphatic heterocycles. The minimum Gasteiger partial charge on any atom is -0.497 e. The molecule has 106 valence electrons. The van der Waals surface area contributed by atoms with Gasteiger partial charge in [0.1, 0.15) is 5.75 Å². The monoisotopic (exact) mass is 289 g/mol. The Labute approximate surface area is 123 Å². The minimum atomic E-state index is 0.175. The number of methoxy groups -OCH3 is 1. The molecule has 1 aromatic heterocycles. The first-order valence-corrected chi connectivity index (χ1v) is 7.31. The van der Waals surface area contributed by atoms with Gasteiger partial charge in [-0.25, -0.2) is 0 Å². The van der Waals surface area contributed by atoms with Crippen molar-refractivity contribution in [2.75, 3.05) is 20.7 Å². The van der Waals surface area contributed by atoms with Crippen molar-refractivity contribution < 1.29 is 9.53 Å². The van der Waals surface area contributed by atoms with Crippen molar-refractivity contribution in [2.45, 2.75) is 13.5 Å². The van der Waals surface area contributed by atoms with Crippen molar-refractivity contribution in [2.24, 2.45) is 0 Å². The van der Waals surface area contributed by atoms with Crippen LogP contribution in [-0.4, -0.2) is 31.4 Å². The van der Waals surface area contributed by atoms with E-state index in [0.29, 0.717) is 6.54 Å². The van der Waals surface area contributed by atoms with E-state index in [0.717, 1.165) is 22.7 Å². The molecule has 0 fully saturated rings. The van der Waals surface area contributed by atoms with Crippen molar-refractivity contribution in [3.63, 3.8) is 0 Å². The molecule has 1 aromatic carbocycles. The number of carbonyl (C=O) groups is 1. The van der Waals surface area contributed by atoms with E-state index in [2.05, 4.69) is 0 Å². The highest BCUT2D eigenvalue weighted by atomic mass is 32.1. The average Bonchev–Trinajstić information content (AvgIpc) is 2.85. The average molecular weight is 289 g/mol. The fourth-order valence-electron chi connectivity index (χ4n) is 2.05. The van der Waals surface area contributed by atoms with E-state index in [4.69, 9.17) is 4.74 Å². The maximum absolute atomic E-state index is 12.1. The highest BCUT2D eigenvalue weighted by Gasteiger charge is 2.11. The summed E-state index contributed by atoms with van der Waals surface area (Å²) in [5.74, 6) is 1.02. The molecule has 0 N–H and O–H groups in total. The van der Waals surface area contributed by atoms with E-state index in [1.165, 1.54) is 4.88 Å². The van der Waals surface area contributed by atoms with Crippen LogP contribution in [0.1, 0.15) is 20.1 Å². The van der Waals surface area contributed by atoms with Crippen molar-refractivity contribution in [3.05, 3.63) is 51.7 Å². The molecule has 0 aliphatic carbocycles. The molecular formula is C16H19NO2S. The van der Waals surface area contributed by atoms with E-state index in [9.17, 15) is 4.79 Å². The lowest BCUT2D eigenvalue weighted by molar-refractivity contribution is 0.0947. The first-order valence-electron chi connectivity index (χ1n) is 6.49. The van der Waals surface area contributed by atoms with E-state index >= 15 is 0 Å². The molecule has 3 nitrogen and oxygen atoms in total. The third-order valence-electron chi connectivity index (χ3n) is 3.02. The first-order chi connectivity index (χ1) is 9.58. The molecule has 2 rings (SSSR count). The second kappa shape index (κ2) is 6.68. The zero-order chi connectivity index (χ0) is 14.5. The quantitative estimate of drug-likeness (QED) is 0.764. The van der Waals surface area contributed by atoms with Crippen molar-refractivity contribution in [3.8, 4) is 5.75 Å². The molecule has 0 atom stereocenters. The number of carbonyl (C=O) groups excluding carboxylic acids is 1. The Morgan fingerprint density at radius 1 is 1.30 bits per heavy atom. The van der Waals surface area contributed by atoms with Crippen molar-refractivity contribution in [1.29, 1.82) is 0 Å². The maximum atomic E-state index is 12.1. The van der Waals surface area contributed by atoms with Crippen LogP contribution in [0, 0.1) is 6.92 Å². The van der Waals surface area contributed by atoms with Gasteiger partial charge >= 0.3 is 0 Å². The molecule has 0 spiro atoms. The Balaban J connectivity index is 1.94. The molecule has 4 heteroatoms. The number of aryl methyl sites for hydroxylation is 1. The summed E-state index contributed by atoms with van der Waals surface area (Å²) in [4.78, 5) is 16.1. The third kappa shape index (κ3) is 3.92. The Hall–Kier alpha value is -1.65. The molecule has 20 heavy (non-hydrogen) atoms. The van der Waals surface area contributed by atoms with Crippen LogP contribution >= 0.6 is 11.3 Å². The number of likely N-dealkylation sites (N-methyl/N-ethyl adjacent to an activating group) is 1. The zero-order valence-corrected chi connectivity index (χ0v) is 12.9. The number of nitrogens with zero attached hydrogens (tertiary/aromatic N) is 1. The Morgan fingerprint density at radius 3 is 2.75 bits per heavy atom. The van der Waals surface area contributed by atoms with Crippen LogP contribution in [0.15, 0.2) is 36.4 Å². The standard InChI is InChI=1S/C16H19NO2S/c1-12-7-8-16(20-12)15(18)11-17(2)10-13-5-4-6-14(9-13)19-3/h4-9H,10-11H2,1-3H3. The number of benzene rings is 1. The summed E-state index contributed by atoms with van der Waals surface area (Å²) < 4.78 is 5.21. The summed E-state index contributed by atoms with van der Waals surface area (Å²) >= 11 is 1.55. The van der Waals surface area contributed by atoms with Gasteiger partial charge in [0.2, 0.25) is 0 Å². The van der Waals surface area contributed by atoms with Gasteiger partial charge in [-0.15, -0.1) is 11.3 Å². The van der Waals surface area contributed by atoms with Gasteiger partial charge in [-0.1, -0.05) is 12.1 Å². The van der Waals surface area contributed by atoms with Gasteiger partial charge in [-0.3, -0.25) is 9.69 Å². The number of ether oxygens (including phenoxy) is 1. The fraction of sp³-hybridized carbons (Fsp3) is 0.312. The largest absolute Gasteiger partial charge is 0.497 e. The van der Waals surface area contributed by atoms with Crippen LogP contribution in [0.2, 0.25) is 0 Å². The molecule has 0 aliphatic rings. The highest BCUT2D eigenvalue weighted by molar-refractivity contribution is 7.14. The smallest absolute Gasteiger partial charge is 0.186 e. The summed E-state index contributed by atoms with van der Waals surface area (Å²) in [6.07, 6.45) is 0. The van der Waals surface area contributed by atoms with E-state index in [1.54, 1.807) is 18.4 Å². The van der Waals surface area contributed by atoms with E-state index < -0.39 is 0 Å². The molecule has 0 unspecified atom stereocenters. The Bertz CT molecular complexity index is 592. The number of rotatable bonds is 6. The number of ketones is 1. The predicted octanol–water partition coefficient (Wildman–Crippen LogP) is 3.38. The minimum absolute atomic E-state index is 0.175. The number of Topliss-reactive ketones (excluding diaryl/α,β-unsaturated/α-hetero) is 1. The summed E-state index contributed by atoms with van der Waals surface area (Å²) in [6, 6.07) is 11.8. The van der Waals surface area contributed by atoms with Crippen LogP contribution in [0.3, 0.4) is 0 Å². The van der Waals surface area contributed by atoms with Gasteiger partial charge in [-0.2, -0.15) is 0 Å². The van der Waals surface area contributed by atoms with Gasteiger partial charge in [0.15, 0.2) is 5.78 Å². The topological polar surface area (TPSA) is 29.5 Å². The van der Waals surface area contributed by atoms with Gasteiger partial charge < -0.3 is 4.74 Å². The molecule has 2 aromatic rings. The summed E-state index contributed by atoms with van der Waals surface area (Å²) in [7, 11) is 3.61. The van der Waals surface area contributed by atoms with Crippen molar-refractivity contribution in [1.82, 2.24) is 4.90 Å². The Morgan fingerprint density at radius 2 is 2.10 bits per heavy atom. The highest BCUT2D eigenvalue weighted by Crippen LogP contribution is 2.17. The second-order valence-electron chi connectivity index (χ2n) is 4.86. The van der Waals surface area contributed by atoms with Gasteiger partial charge in [0.25, 0.3) is 0 Å². The van der Waals surface area contributed by atoms with Gasteiger partial charge in [-0.05, 0) is 43.8 Å². The van der Waals surface area contributed by atoms with Crippen LogP contribution in [0.25, 0.3) is 0 Å². The SMILES string of the molecule is COc1cccc(CN(C)CC(=O)c2ccc(C)s2)c1. The van der Waals surface area contributed by atoms with Crippen LogP contribution < -0.4 is 4.74 Å². The molecular weight excluding hydrogens is 270 g/mol. The summed E-state index contributed by atoms with van der Waals surface area (Å²) in [5.41, 5.74) is 1.14. The van der Waals surface area contributed by atoms with E-state index in [-0.39, 0.29) is 5.78 Å². The lowest BCUT2D eigenvalue weighted by Gasteiger charge is -2.15. The molecule has 0 amide bonds. The van der Waals surface area contributed by atoms with Crippen LogP contribution in [0.4, 0.5) is 0 Å². The summed E-state index contributed by atoms with van der Waals surface area (Å²) in [5, 5.41) is 0. The van der Waals surface area contributed by atoms with Crippen molar-refractivity contribution >= 4 is 17.1 Å². The van der Waals surface area contributed by atoms with Crippen LogP contribution in [0.5, 0.6) is 5.75 Å². The third-order valence-corrected chi connectivity index (χ3v) is 4.06. The van der Waals surface area contributed by atoms with Gasteiger partial charge in [0.05, 0.1) is 18.5 Å². The lowest BCUT2D eigenvalue weighted by atomic mass is 10.2. The first kappa shape index (κ1) is 14.8. The van der Waals surface area contributed by atoms with E-state index in [1.807, 2.05) is 55.3 Å². The number of hydrogen-bond donors (Lipinski definition) is 0. The normalized spacial score (nSPS) is 10.8. The molecule has 0 saturated carbocycles. The summed E-state index contributed by atoms with van der Waals surface area (Å²) in [6.45, 7) is 3.17. The maximum Gasteiger partial charge on any atom is 0.186 e. The second-order valence-corrected chi connectivity index (χ2v) is 6.15. The molecule has 0 bridgehead atoms. The number of thiophene rings is 1. The Kier molecular flexibility index (Phi) is 4.93. The zero-order valence-electron chi connectivity index (χ0n) is 12.1. The molecule has 1 heterocycles. The lowest BCUT2D eigenvalue weighted by Crippen LogP contribution is -2.25.